The van der Waals surface area contributed by atoms with Gasteiger partial charge in [0.25, 0.3) is 15.9 Å². The standard InChI is InChI=1S/C29H30FN3O3S2/c1-19-3-2-14-31-25(19)18-32-28(34)21-6-11-26-24(17-21)29(12-15-37-16-13-29)27(20-4-5-20)33(26)38(35,36)23-9-7-22(30)8-10-23/h2-3,6-11,14,17,20,27H,4-5,12-13,15-16,18H2,1H3,(H,32,34). The van der Waals surface area contributed by atoms with Crippen LogP contribution >= 0.6 is 11.8 Å². The molecule has 2 aromatic carbocycles. The quantitative estimate of drug-likeness (QED) is 0.455. The molecule has 1 aromatic heterocycles. The van der Waals surface area contributed by atoms with Gasteiger partial charge in [-0.05, 0) is 110 Å². The Hall–Kier alpha value is -2.91. The van der Waals surface area contributed by atoms with E-state index in [1.54, 1.807) is 22.6 Å². The Balaban J connectivity index is 1.41. The van der Waals surface area contributed by atoms with E-state index in [4.69, 9.17) is 0 Å². The van der Waals surface area contributed by atoms with Crippen molar-refractivity contribution < 1.29 is 17.6 Å². The molecular formula is C29H30FN3O3S2. The fraction of sp³-hybridized carbons (Fsp3) is 0.379. The second-order valence-electron chi connectivity index (χ2n) is 10.5. The van der Waals surface area contributed by atoms with Crippen LogP contribution in [0.25, 0.3) is 0 Å². The maximum atomic E-state index is 14.1. The molecule has 1 saturated heterocycles. The second-order valence-corrected chi connectivity index (χ2v) is 13.5. The Labute approximate surface area is 227 Å². The highest BCUT2D eigenvalue weighted by molar-refractivity contribution is 7.99. The number of carbonyl (C=O) groups excluding carboxylic acids is 1. The van der Waals surface area contributed by atoms with Crippen molar-refractivity contribution in [2.24, 2.45) is 5.92 Å². The predicted octanol–water partition coefficient (Wildman–Crippen LogP) is 5.21. The molecule has 1 unspecified atom stereocenters. The van der Waals surface area contributed by atoms with Crippen molar-refractivity contribution in [2.75, 3.05) is 15.8 Å². The molecule has 1 amide bonds. The van der Waals surface area contributed by atoms with Gasteiger partial charge in [0.15, 0.2) is 0 Å². The van der Waals surface area contributed by atoms with Crippen molar-refractivity contribution in [1.29, 1.82) is 0 Å². The number of anilines is 1. The summed E-state index contributed by atoms with van der Waals surface area (Å²) in [5, 5.41) is 2.98. The van der Waals surface area contributed by atoms with E-state index < -0.39 is 15.8 Å². The summed E-state index contributed by atoms with van der Waals surface area (Å²) in [5.74, 6) is 1.48. The van der Waals surface area contributed by atoms with Gasteiger partial charge in [0, 0.05) is 17.2 Å². The minimum Gasteiger partial charge on any atom is -0.346 e. The number of amides is 1. The Bertz CT molecular complexity index is 1480. The minimum absolute atomic E-state index is 0.0882. The fourth-order valence-electron chi connectivity index (χ4n) is 6.13. The predicted molar refractivity (Wildman–Crippen MR) is 147 cm³/mol. The fourth-order valence-corrected chi connectivity index (χ4v) is 9.15. The summed E-state index contributed by atoms with van der Waals surface area (Å²) in [4.78, 5) is 17.7. The number of thioether (sulfide) groups is 1. The molecule has 6 nitrogen and oxygen atoms in total. The third-order valence-electron chi connectivity index (χ3n) is 8.21. The van der Waals surface area contributed by atoms with Gasteiger partial charge in [0.2, 0.25) is 0 Å². The first kappa shape index (κ1) is 25.4. The molecule has 9 heteroatoms. The number of hydrogen-bond donors (Lipinski definition) is 1. The molecule has 3 aliphatic rings. The van der Waals surface area contributed by atoms with E-state index in [-0.39, 0.29) is 28.2 Å². The number of aryl methyl sites for hydroxylation is 1. The minimum atomic E-state index is -3.93. The monoisotopic (exact) mass is 551 g/mol. The van der Waals surface area contributed by atoms with Gasteiger partial charge in [-0.15, -0.1) is 0 Å². The van der Waals surface area contributed by atoms with E-state index >= 15 is 0 Å². The van der Waals surface area contributed by atoms with Crippen LogP contribution in [0.4, 0.5) is 10.1 Å². The van der Waals surface area contributed by atoms with Crippen LogP contribution in [0.3, 0.4) is 0 Å². The molecule has 3 aromatic rings. The van der Waals surface area contributed by atoms with Crippen molar-refractivity contribution in [3.63, 3.8) is 0 Å². The van der Waals surface area contributed by atoms with Crippen LogP contribution in [-0.4, -0.2) is 36.9 Å². The molecule has 1 N–H and O–H groups in total. The Morgan fingerprint density at radius 2 is 1.87 bits per heavy atom. The van der Waals surface area contributed by atoms with Crippen molar-refractivity contribution in [3.8, 4) is 0 Å². The molecule has 1 spiro atoms. The van der Waals surface area contributed by atoms with Gasteiger partial charge in [-0.3, -0.25) is 14.1 Å². The molecular weight excluding hydrogens is 521 g/mol. The lowest BCUT2D eigenvalue weighted by Gasteiger charge is -2.41. The number of benzene rings is 2. The number of nitrogens with one attached hydrogen (secondary N) is 1. The molecule has 2 aliphatic heterocycles. The van der Waals surface area contributed by atoms with Gasteiger partial charge in [-0.2, -0.15) is 11.8 Å². The maximum Gasteiger partial charge on any atom is 0.264 e. The molecule has 2 fully saturated rings. The zero-order valence-electron chi connectivity index (χ0n) is 21.2. The molecule has 1 saturated carbocycles. The molecule has 38 heavy (non-hydrogen) atoms. The molecule has 1 aliphatic carbocycles. The number of halogens is 1. The van der Waals surface area contributed by atoms with Crippen molar-refractivity contribution in [1.82, 2.24) is 10.3 Å². The second kappa shape index (κ2) is 9.68. The lowest BCUT2D eigenvalue weighted by atomic mass is 9.70. The topological polar surface area (TPSA) is 79.4 Å². The average Bonchev–Trinajstić information content (AvgIpc) is 3.72. The number of hydrogen-bond acceptors (Lipinski definition) is 5. The first-order chi connectivity index (χ1) is 18.3. The summed E-state index contributed by atoms with van der Waals surface area (Å²) in [6, 6.07) is 14.1. The van der Waals surface area contributed by atoms with E-state index in [9.17, 15) is 17.6 Å². The largest absolute Gasteiger partial charge is 0.346 e. The van der Waals surface area contributed by atoms with Gasteiger partial charge in [-0.25, -0.2) is 12.8 Å². The normalized spacial score (nSPS) is 20.4. The third kappa shape index (κ3) is 4.29. The van der Waals surface area contributed by atoms with E-state index in [0.717, 1.165) is 54.0 Å². The van der Waals surface area contributed by atoms with E-state index in [0.29, 0.717) is 17.8 Å². The Morgan fingerprint density at radius 1 is 1.13 bits per heavy atom. The van der Waals surface area contributed by atoms with Crippen LogP contribution in [0.5, 0.6) is 0 Å². The first-order valence-electron chi connectivity index (χ1n) is 13.0. The number of pyridine rings is 1. The Morgan fingerprint density at radius 3 is 2.55 bits per heavy atom. The van der Waals surface area contributed by atoms with Crippen molar-refractivity contribution >= 4 is 33.4 Å². The number of nitrogens with zero attached hydrogens (tertiary/aromatic N) is 2. The number of sulfonamides is 1. The summed E-state index contributed by atoms with van der Waals surface area (Å²) in [5.41, 5.74) is 3.59. The van der Waals surface area contributed by atoms with Crippen LogP contribution in [-0.2, 0) is 22.0 Å². The Kier molecular flexibility index (Phi) is 6.46. The van der Waals surface area contributed by atoms with Crippen LogP contribution in [0, 0.1) is 18.7 Å². The molecule has 1 atom stereocenters. The number of aromatic nitrogens is 1. The molecule has 0 bridgehead atoms. The van der Waals surface area contributed by atoms with Crippen molar-refractivity contribution in [2.45, 2.75) is 55.5 Å². The summed E-state index contributed by atoms with van der Waals surface area (Å²) in [6.07, 6.45) is 5.40. The van der Waals surface area contributed by atoms with Crippen molar-refractivity contribution in [3.05, 3.63) is 89.0 Å². The molecule has 6 rings (SSSR count). The SMILES string of the molecule is Cc1cccnc1CNC(=O)c1ccc2c(c1)C1(CCSCC1)C(C1CC1)N2S(=O)(=O)c1ccc(F)cc1. The van der Waals surface area contributed by atoms with Gasteiger partial charge < -0.3 is 5.32 Å². The lowest BCUT2D eigenvalue weighted by molar-refractivity contribution is 0.0950. The highest BCUT2D eigenvalue weighted by Crippen LogP contribution is 2.59. The van der Waals surface area contributed by atoms with E-state index in [1.165, 1.54) is 24.3 Å². The zero-order valence-corrected chi connectivity index (χ0v) is 22.8. The summed E-state index contributed by atoms with van der Waals surface area (Å²) in [7, 11) is -3.93. The highest BCUT2D eigenvalue weighted by atomic mass is 32.2. The summed E-state index contributed by atoms with van der Waals surface area (Å²) in [6.45, 7) is 2.28. The maximum absolute atomic E-state index is 14.1. The van der Waals surface area contributed by atoms with Gasteiger partial charge in [0.05, 0.1) is 28.9 Å². The zero-order chi connectivity index (χ0) is 26.5. The highest BCUT2D eigenvalue weighted by Gasteiger charge is 2.59. The van der Waals surface area contributed by atoms with E-state index in [2.05, 4.69) is 10.3 Å². The average molecular weight is 552 g/mol. The number of fused-ring (bicyclic) bond motifs is 2. The lowest BCUT2D eigenvalue weighted by Crippen LogP contribution is -2.50. The van der Waals surface area contributed by atoms with Crippen LogP contribution in [0.15, 0.2) is 65.7 Å². The first-order valence-corrected chi connectivity index (χ1v) is 15.6. The summed E-state index contributed by atoms with van der Waals surface area (Å²) >= 11 is 1.89. The van der Waals surface area contributed by atoms with E-state index in [1.807, 2.05) is 36.9 Å². The molecule has 198 valence electrons. The molecule has 3 heterocycles. The molecule has 0 radical (unpaired) electrons. The van der Waals surface area contributed by atoms with Gasteiger partial charge in [0.1, 0.15) is 5.82 Å². The third-order valence-corrected chi connectivity index (χ3v) is 11.0. The van der Waals surface area contributed by atoms with Gasteiger partial charge >= 0.3 is 0 Å². The van der Waals surface area contributed by atoms with Crippen LogP contribution in [0.2, 0.25) is 0 Å². The number of rotatable bonds is 6. The summed E-state index contributed by atoms with van der Waals surface area (Å²) < 4.78 is 43.5. The number of carbonyl (C=O) groups is 1. The smallest absolute Gasteiger partial charge is 0.264 e. The van der Waals surface area contributed by atoms with Gasteiger partial charge in [-0.1, -0.05) is 6.07 Å². The van der Waals surface area contributed by atoms with Crippen LogP contribution in [0.1, 0.15) is 52.9 Å². The van der Waals surface area contributed by atoms with Crippen LogP contribution < -0.4 is 9.62 Å².